The number of H-pyrrole nitrogens is 1. The second kappa shape index (κ2) is 9.39. The van der Waals surface area contributed by atoms with E-state index in [1.54, 1.807) is 31.0 Å². The van der Waals surface area contributed by atoms with E-state index in [4.69, 9.17) is 14.7 Å². The average Bonchev–Trinajstić information content (AvgIpc) is 3.80. The van der Waals surface area contributed by atoms with Gasteiger partial charge in [-0.2, -0.15) is 20.4 Å². The number of aromatic nitrogens is 6. The van der Waals surface area contributed by atoms with E-state index in [-0.39, 0.29) is 0 Å². The Morgan fingerprint density at radius 1 is 1.05 bits per heavy atom. The molecule has 38 heavy (non-hydrogen) atoms. The number of nitrogens with one attached hydrogen (secondary N) is 3. The van der Waals surface area contributed by atoms with E-state index in [0.29, 0.717) is 12.4 Å². The van der Waals surface area contributed by atoms with Crippen LogP contribution in [0.3, 0.4) is 0 Å². The first-order valence-electron chi connectivity index (χ1n) is 12.7. The molecule has 12 heteroatoms. The predicted molar refractivity (Wildman–Crippen MR) is 137 cm³/mol. The third-order valence-corrected chi connectivity index (χ3v) is 7.23. The van der Waals surface area contributed by atoms with Crippen LogP contribution in [0.5, 0.6) is 0 Å². The molecular formula is C26H27N11O. The van der Waals surface area contributed by atoms with Crippen LogP contribution in [0.25, 0.3) is 5.57 Å². The van der Waals surface area contributed by atoms with Crippen molar-refractivity contribution in [3.63, 3.8) is 0 Å². The van der Waals surface area contributed by atoms with Crippen LogP contribution in [-0.4, -0.2) is 71.2 Å². The summed E-state index contributed by atoms with van der Waals surface area (Å²) in [7, 11) is 0. The third-order valence-electron chi connectivity index (χ3n) is 7.23. The molecule has 0 amide bonds. The summed E-state index contributed by atoms with van der Waals surface area (Å²) in [5.41, 5.74) is 8.63. The summed E-state index contributed by atoms with van der Waals surface area (Å²) in [4.78, 5) is 9.76. The van der Waals surface area contributed by atoms with Gasteiger partial charge in [-0.25, -0.2) is 15.4 Å². The van der Waals surface area contributed by atoms with Crippen molar-refractivity contribution in [2.24, 2.45) is 0 Å². The minimum absolute atomic E-state index is 0.403. The molecule has 3 N–H and O–H groups in total. The molecule has 1 fully saturated rings. The van der Waals surface area contributed by atoms with E-state index in [1.165, 1.54) is 0 Å². The Hall–Kier alpha value is -4.55. The lowest BCUT2D eigenvalue weighted by atomic mass is 9.73. The zero-order valence-electron chi connectivity index (χ0n) is 20.6. The van der Waals surface area contributed by atoms with Gasteiger partial charge in [0, 0.05) is 49.6 Å². The first kappa shape index (κ1) is 22.6. The Kier molecular flexibility index (Phi) is 5.60. The second-order valence-corrected chi connectivity index (χ2v) is 9.30. The number of ether oxygens (including phenoxy) is 1. The number of aromatic amines is 1. The van der Waals surface area contributed by atoms with Gasteiger partial charge in [0.2, 0.25) is 0 Å². The molecular weight excluding hydrogens is 482 g/mol. The number of hydrazine groups is 3. The molecule has 12 nitrogen and oxygen atoms in total. The molecule has 0 saturated carbocycles. The Morgan fingerprint density at radius 2 is 2.00 bits per heavy atom. The zero-order chi connectivity index (χ0) is 25.4. The first-order valence-corrected chi connectivity index (χ1v) is 12.7. The van der Waals surface area contributed by atoms with E-state index >= 15 is 0 Å². The Balaban J connectivity index is 1.59. The molecule has 3 atom stereocenters. The number of allylic oxidation sites excluding steroid dienone is 2. The van der Waals surface area contributed by atoms with Crippen molar-refractivity contribution in [2.45, 2.75) is 24.0 Å². The maximum atomic E-state index is 6.44. The molecule has 4 aliphatic heterocycles. The standard InChI is InChI=1S/C26H27N11O/c1-2-18-38-21(8-1)26(25-27-10-4-11-28-25)23(20-7-3-12-29-34-20)22(19-9-15-30-33-19)24(35-16-5-13-31-35)37(26)36-17-6-14-32-36/h1-5,7-13,15,18,21,23,31-32H,6,14,16-17H2,(H,30,33). The van der Waals surface area contributed by atoms with Gasteiger partial charge in [0.25, 0.3) is 0 Å². The molecule has 0 aliphatic carbocycles. The Morgan fingerprint density at radius 3 is 2.68 bits per heavy atom. The minimum Gasteiger partial charge on any atom is -0.491 e. The SMILES string of the molecule is C1=COC(C2(c3ncccn3)C(c3cccnn3)C(c3ccn[nH]3)=C(N3CC=CN3)N2N2CCCN2)C=C1. The topological polar surface area (TPSA) is 123 Å². The van der Waals surface area contributed by atoms with Crippen LogP contribution < -0.4 is 10.9 Å². The number of hydrogen-bond acceptors (Lipinski definition) is 11. The van der Waals surface area contributed by atoms with Gasteiger partial charge in [-0.1, -0.05) is 6.08 Å². The Labute approximate surface area is 219 Å². The van der Waals surface area contributed by atoms with Gasteiger partial charge in [-0.3, -0.25) is 15.1 Å². The predicted octanol–water partition coefficient (Wildman–Crippen LogP) is 1.58. The number of nitrogens with zero attached hydrogens (tertiary/aromatic N) is 8. The monoisotopic (exact) mass is 509 g/mol. The highest BCUT2D eigenvalue weighted by Crippen LogP contribution is 2.59. The average molecular weight is 510 g/mol. The lowest BCUT2D eigenvalue weighted by Crippen LogP contribution is -2.64. The molecule has 0 aromatic carbocycles. The van der Waals surface area contributed by atoms with E-state index in [1.807, 2.05) is 42.6 Å². The van der Waals surface area contributed by atoms with Gasteiger partial charge in [0.1, 0.15) is 11.9 Å². The maximum absolute atomic E-state index is 6.44. The summed E-state index contributed by atoms with van der Waals surface area (Å²) in [5, 5.41) is 23.1. The molecule has 3 aromatic heterocycles. The molecule has 3 aromatic rings. The van der Waals surface area contributed by atoms with Gasteiger partial charge in [0.05, 0.1) is 30.1 Å². The van der Waals surface area contributed by atoms with Crippen molar-refractivity contribution in [1.82, 2.24) is 56.4 Å². The van der Waals surface area contributed by atoms with Gasteiger partial charge in [-0.15, -0.1) is 0 Å². The zero-order valence-corrected chi connectivity index (χ0v) is 20.6. The largest absolute Gasteiger partial charge is 0.491 e. The molecule has 0 bridgehead atoms. The van der Waals surface area contributed by atoms with Crippen LogP contribution >= 0.6 is 0 Å². The minimum atomic E-state index is -0.990. The van der Waals surface area contributed by atoms with Gasteiger partial charge < -0.3 is 10.2 Å². The summed E-state index contributed by atoms with van der Waals surface area (Å²) in [6.45, 7) is 2.30. The third kappa shape index (κ3) is 3.41. The second-order valence-electron chi connectivity index (χ2n) is 9.30. The molecule has 0 radical (unpaired) electrons. The van der Waals surface area contributed by atoms with Gasteiger partial charge in [-0.05, 0) is 48.9 Å². The van der Waals surface area contributed by atoms with Crippen LogP contribution in [0, 0.1) is 0 Å². The van der Waals surface area contributed by atoms with Crippen molar-refractivity contribution < 1.29 is 4.74 Å². The van der Waals surface area contributed by atoms with Crippen molar-refractivity contribution in [3.8, 4) is 0 Å². The van der Waals surface area contributed by atoms with Crippen LogP contribution in [0.2, 0.25) is 0 Å². The smallest absolute Gasteiger partial charge is 0.171 e. The van der Waals surface area contributed by atoms with E-state index in [2.05, 4.69) is 58.5 Å². The summed E-state index contributed by atoms with van der Waals surface area (Å²) < 4.78 is 6.44. The molecule has 4 aliphatic rings. The van der Waals surface area contributed by atoms with Crippen LogP contribution in [-0.2, 0) is 10.3 Å². The first-order chi connectivity index (χ1) is 18.9. The highest BCUT2D eigenvalue weighted by Gasteiger charge is 2.65. The Bertz CT molecular complexity index is 1380. The van der Waals surface area contributed by atoms with Crippen molar-refractivity contribution in [3.05, 3.63) is 109 Å². The highest BCUT2D eigenvalue weighted by molar-refractivity contribution is 5.76. The normalized spacial score (nSPS) is 26.8. The summed E-state index contributed by atoms with van der Waals surface area (Å²) in [5.74, 6) is 1.12. The molecule has 192 valence electrons. The fraction of sp³-hybridized carbons (Fsp3) is 0.269. The molecule has 3 unspecified atom stereocenters. The van der Waals surface area contributed by atoms with Gasteiger partial charge in [0.15, 0.2) is 11.4 Å². The van der Waals surface area contributed by atoms with E-state index in [9.17, 15) is 0 Å². The van der Waals surface area contributed by atoms with E-state index < -0.39 is 17.6 Å². The molecule has 7 rings (SSSR count). The van der Waals surface area contributed by atoms with Gasteiger partial charge >= 0.3 is 0 Å². The van der Waals surface area contributed by atoms with Crippen molar-refractivity contribution in [1.29, 1.82) is 0 Å². The fourth-order valence-electron chi connectivity index (χ4n) is 5.82. The lowest BCUT2D eigenvalue weighted by molar-refractivity contribution is -0.152. The molecule has 1 saturated heterocycles. The van der Waals surface area contributed by atoms with Crippen molar-refractivity contribution in [2.75, 3.05) is 19.6 Å². The lowest BCUT2D eigenvalue weighted by Gasteiger charge is -2.50. The van der Waals surface area contributed by atoms with Crippen molar-refractivity contribution >= 4 is 5.57 Å². The fourth-order valence-corrected chi connectivity index (χ4v) is 5.82. The summed E-state index contributed by atoms with van der Waals surface area (Å²) in [6.07, 6.45) is 19.2. The van der Waals surface area contributed by atoms with Crippen LogP contribution in [0.1, 0.15) is 29.6 Å². The quantitative estimate of drug-likeness (QED) is 0.449. The summed E-state index contributed by atoms with van der Waals surface area (Å²) >= 11 is 0. The molecule has 0 spiro atoms. The van der Waals surface area contributed by atoms with Crippen LogP contribution in [0.15, 0.2) is 91.6 Å². The van der Waals surface area contributed by atoms with E-state index in [0.717, 1.165) is 42.3 Å². The highest BCUT2D eigenvalue weighted by atomic mass is 16.5. The maximum Gasteiger partial charge on any atom is 0.171 e. The number of rotatable bonds is 6. The number of hydrogen-bond donors (Lipinski definition) is 3. The summed E-state index contributed by atoms with van der Waals surface area (Å²) in [6, 6.07) is 7.72. The molecule has 7 heterocycles. The van der Waals surface area contributed by atoms with Crippen LogP contribution in [0.4, 0.5) is 0 Å².